The second kappa shape index (κ2) is 10.5. The van der Waals surface area contributed by atoms with Crippen LogP contribution < -0.4 is 21.3 Å². The van der Waals surface area contributed by atoms with Crippen molar-refractivity contribution in [3.8, 4) is 11.6 Å². The summed E-state index contributed by atoms with van der Waals surface area (Å²) in [6.07, 6.45) is 1.85. The standard InChI is InChI=1S/C22H22N8O3S/c1-14(12-15-8-6-7-11-18(15)32-2)24-26-22(31)19-17(13-34-16-9-4-3-5-10-16)30(29-25-19)21-20(23)27-33-28-21/h3-12,24H,13H2,1-2H3,(H2,23,27)(H,26,31)/b14-12-. The highest BCUT2D eigenvalue weighted by Gasteiger charge is 2.24. The lowest BCUT2D eigenvalue weighted by atomic mass is 10.2. The Morgan fingerprint density at radius 3 is 2.65 bits per heavy atom. The van der Waals surface area contributed by atoms with Crippen LogP contribution in [0.2, 0.25) is 0 Å². The van der Waals surface area contributed by atoms with Gasteiger partial charge >= 0.3 is 0 Å². The third kappa shape index (κ3) is 5.18. The zero-order chi connectivity index (χ0) is 23.9. The molecule has 0 radical (unpaired) electrons. The van der Waals surface area contributed by atoms with Gasteiger partial charge in [0.25, 0.3) is 5.91 Å². The first-order valence-corrected chi connectivity index (χ1v) is 11.1. The molecule has 0 aliphatic carbocycles. The Bertz CT molecular complexity index is 1300. The molecule has 0 unspecified atom stereocenters. The van der Waals surface area contributed by atoms with Crippen molar-refractivity contribution in [3.05, 3.63) is 77.2 Å². The fourth-order valence-electron chi connectivity index (χ4n) is 3.05. The lowest BCUT2D eigenvalue weighted by Gasteiger charge is -2.10. The summed E-state index contributed by atoms with van der Waals surface area (Å²) in [7, 11) is 1.60. The van der Waals surface area contributed by atoms with Crippen LogP contribution in [0.4, 0.5) is 5.82 Å². The molecule has 11 nitrogen and oxygen atoms in total. The summed E-state index contributed by atoms with van der Waals surface area (Å²) in [4.78, 5) is 14.0. The molecule has 0 bridgehead atoms. The van der Waals surface area contributed by atoms with Crippen molar-refractivity contribution in [2.75, 3.05) is 12.8 Å². The van der Waals surface area contributed by atoms with E-state index in [4.69, 9.17) is 15.1 Å². The molecule has 34 heavy (non-hydrogen) atoms. The molecule has 0 atom stereocenters. The fourth-order valence-corrected chi connectivity index (χ4v) is 3.97. The number of carbonyl (C=O) groups is 1. The van der Waals surface area contributed by atoms with E-state index in [1.54, 1.807) is 7.11 Å². The minimum atomic E-state index is -0.474. The van der Waals surface area contributed by atoms with E-state index >= 15 is 0 Å². The van der Waals surface area contributed by atoms with E-state index < -0.39 is 5.91 Å². The molecule has 4 aromatic rings. The number of para-hydroxylation sites is 1. The molecule has 4 rings (SSSR count). The second-order valence-corrected chi connectivity index (χ2v) is 8.07. The third-order valence-electron chi connectivity index (χ3n) is 4.68. The summed E-state index contributed by atoms with van der Waals surface area (Å²) >= 11 is 1.51. The second-order valence-electron chi connectivity index (χ2n) is 7.02. The Balaban J connectivity index is 1.54. The van der Waals surface area contributed by atoms with E-state index in [9.17, 15) is 4.79 Å². The molecule has 2 heterocycles. The number of hydrazine groups is 1. The molecule has 174 valence electrons. The zero-order valence-electron chi connectivity index (χ0n) is 18.4. The largest absolute Gasteiger partial charge is 0.496 e. The van der Waals surface area contributed by atoms with Gasteiger partial charge in [0.05, 0.1) is 12.8 Å². The molecule has 0 saturated heterocycles. The first kappa shape index (κ1) is 22.9. The van der Waals surface area contributed by atoms with Gasteiger partial charge in [-0.2, -0.15) is 4.68 Å². The van der Waals surface area contributed by atoms with Crippen molar-refractivity contribution in [2.45, 2.75) is 17.6 Å². The number of nitrogens with two attached hydrogens (primary N) is 1. The van der Waals surface area contributed by atoms with Gasteiger partial charge in [0.1, 0.15) is 5.75 Å². The molecule has 0 spiro atoms. The first-order valence-electron chi connectivity index (χ1n) is 10.2. The van der Waals surface area contributed by atoms with Gasteiger partial charge in [-0.1, -0.05) is 41.6 Å². The SMILES string of the molecule is COc1ccccc1/C=C(/C)NNC(=O)c1nnn(-c2nonc2N)c1CSc1ccccc1. The number of benzene rings is 2. The average molecular weight is 479 g/mol. The quantitative estimate of drug-likeness (QED) is 0.242. The predicted molar refractivity (Wildman–Crippen MR) is 127 cm³/mol. The third-order valence-corrected chi connectivity index (χ3v) is 5.70. The Morgan fingerprint density at radius 2 is 1.91 bits per heavy atom. The van der Waals surface area contributed by atoms with Gasteiger partial charge in [-0.15, -0.1) is 16.9 Å². The van der Waals surface area contributed by atoms with Crippen LogP contribution in [0.1, 0.15) is 28.7 Å². The summed E-state index contributed by atoms with van der Waals surface area (Å²) in [5.74, 6) is 0.823. The highest BCUT2D eigenvalue weighted by Crippen LogP contribution is 2.26. The zero-order valence-corrected chi connectivity index (χ0v) is 19.2. The molecular weight excluding hydrogens is 456 g/mol. The lowest BCUT2D eigenvalue weighted by Crippen LogP contribution is -2.36. The van der Waals surface area contributed by atoms with Crippen LogP contribution in [0.5, 0.6) is 5.75 Å². The summed E-state index contributed by atoms with van der Waals surface area (Å²) in [5.41, 5.74) is 13.5. The maximum absolute atomic E-state index is 13.0. The Hall–Kier alpha value is -4.32. The number of rotatable bonds is 9. The smallest absolute Gasteiger partial charge is 0.292 e. The average Bonchev–Trinajstić information content (AvgIpc) is 3.47. The summed E-state index contributed by atoms with van der Waals surface area (Å²) in [6, 6.07) is 17.3. The van der Waals surface area contributed by atoms with Crippen LogP contribution in [-0.2, 0) is 5.75 Å². The van der Waals surface area contributed by atoms with Crippen molar-refractivity contribution in [1.82, 2.24) is 36.2 Å². The maximum Gasteiger partial charge on any atom is 0.292 e. The van der Waals surface area contributed by atoms with Crippen molar-refractivity contribution in [1.29, 1.82) is 0 Å². The van der Waals surface area contributed by atoms with E-state index in [0.717, 1.165) is 16.2 Å². The Morgan fingerprint density at radius 1 is 1.15 bits per heavy atom. The number of hydrogen-bond acceptors (Lipinski definition) is 10. The number of anilines is 1. The van der Waals surface area contributed by atoms with Gasteiger partial charge in [-0.05, 0) is 41.5 Å². The van der Waals surface area contributed by atoms with Gasteiger partial charge < -0.3 is 15.9 Å². The van der Waals surface area contributed by atoms with Crippen molar-refractivity contribution < 1.29 is 14.2 Å². The molecule has 4 N–H and O–H groups in total. The van der Waals surface area contributed by atoms with E-state index in [2.05, 4.69) is 31.5 Å². The molecule has 0 aliphatic heterocycles. The van der Waals surface area contributed by atoms with E-state index in [1.807, 2.05) is 67.6 Å². The van der Waals surface area contributed by atoms with Crippen LogP contribution in [-0.4, -0.2) is 38.3 Å². The summed E-state index contributed by atoms with van der Waals surface area (Å²) in [5, 5.41) is 15.5. The van der Waals surface area contributed by atoms with Gasteiger partial charge in [-0.3, -0.25) is 10.2 Å². The number of allylic oxidation sites excluding steroid dienone is 1. The molecule has 0 saturated carbocycles. The van der Waals surface area contributed by atoms with Crippen molar-refractivity contribution in [2.24, 2.45) is 0 Å². The molecule has 0 aliphatic rings. The van der Waals surface area contributed by atoms with Gasteiger partial charge in [-0.25, -0.2) is 4.63 Å². The van der Waals surface area contributed by atoms with Crippen molar-refractivity contribution in [3.63, 3.8) is 0 Å². The van der Waals surface area contributed by atoms with Crippen LogP contribution in [0, 0.1) is 0 Å². The monoisotopic (exact) mass is 478 g/mol. The molecule has 0 fully saturated rings. The Kier molecular flexibility index (Phi) is 7.08. The number of carbonyl (C=O) groups excluding carboxylic acids is 1. The van der Waals surface area contributed by atoms with Gasteiger partial charge in [0.15, 0.2) is 5.69 Å². The first-order chi connectivity index (χ1) is 16.6. The number of nitrogens with one attached hydrogen (secondary N) is 2. The highest BCUT2D eigenvalue weighted by molar-refractivity contribution is 7.98. The van der Waals surface area contributed by atoms with Gasteiger partial charge in [0.2, 0.25) is 11.6 Å². The molecule has 2 aromatic carbocycles. The minimum Gasteiger partial charge on any atom is -0.496 e. The molecule has 1 amide bonds. The molecule has 12 heteroatoms. The van der Waals surface area contributed by atoms with Crippen molar-refractivity contribution >= 4 is 29.6 Å². The number of nitrogen functional groups attached to an aromatic ring is 1. The number of hydrogen-bond donors (Lipinski definition) is 3. The number of methoxy groups -OCH3 is 1. The fraction of sp³-hybridized carbons (Fsp3) is 0.136. The lowest BCUT2D eigenvalue weighted by molar-refractivity contribution is 0.0933. The summed E-state index contributed by atoms with van der Waals surface area (Å²) in [6.45, 7) is 1.82. The van der Waals surface area contributed by atoms with Crippen LogP contribution in [0.15, 0.2) is 69.8 Å². The number of ether oxygens (including phenoxy) is 1. The Labute approximate surface area is 199 Å². The van der Waals surface area contributed by atoms with E-state index in [-0.39, 0.29) is 17.3 Å². The van der Waals surface area contributed by atoms with E-state index in [1.165, 1.54) is 16.4 Å². The number of nitrogens with zero attached hydrogens (tertiary/aromatic N) is 5. The highest BCUT2D eigenvalue weighted by atomic mass is 32.2. The van der Waals surface area contributed by atoms with Crippen LogP contribution >= 0.6 is 11.8 Å². The topological polar surface area (TPSA) is 146 Å². The van der Waals surface area contributed by atoms with Crippen LogP contribution in [0.25, 0.3) is 11.9 Å². The number of thioether (sulfide) groups is 1. The molecule has 2 aromatic heterocycles. The van der Waals surface area contributed by atoms with Gasteiger partial charge in [0, 0.05) is 21.9 Å². The number of aromatic nitrogens is 5. The van der Waals surface area contributed by atoms with Crippen LogP contribution in [0.3, 0.4) is 0 Å². The normalized spacial score (nSPS) is 11.3. The van der Waals surface area contributed by atoms with E-state index in [0.29, 0.717) is 17.1 Å². The predicted octanol–water partition coefficient (Wildman–Crippen LogP) is 2.83. The maximum atomic E-state index is 13.0. The minimum absolute atomic E-state index is 0.0385. The number of amides is 1. The molecular formula is C22H22N8O3S. The summed E-state index contributed by atoms with van der Waals surface area (Å²) < 4.78 is 11.4.